The van der Waals surface area contributed by atoms with Crippen molar-refractivity contribution in [3.05, 3.63) is 224 Å². The molecule has 3 aromatic heterocycles. The highest BCUT2D eigenvalue weighted by atomic mass is 15.0. The van der Waals surface area contributed by atoms with E-state index in [1.54, 1.807) is 0 Å². The number of nitrogens with zero attached hydrogens (tertiary/aromatic N) is 5. The number of hydrogen-bond donors (Lipinski definition) is 0. The summed E-state index contributed by atoms with van der Waals surface area (Å²) in [5.74, 6) is 1.93. The van der Waals surface area contributed by atoms with Gasteiger partial charge in [-0.05, 0) is 76.9 Å². The monoisotopic (exact) mass is 791 g/mol. The smallest absolute Gasteiger partial charge is 0.164 e. The Kier molecular flexibility index (Phi) is 8.42. The Morgan fingerprint density at radius 1 is 0.226 bits per heavy atom. The Balaban J connectivity index is 0.926. The second-order valence-electron chi connectivity index (χ2n) is 15.7. The van der Waals surface area contributed by atoms with Crippen LogP contribution in [0.2, 0.25) is 0 Å². The lowest BCUT2D eigenvalue weighted by molar-refractivity contribution is 1.07. The van der Waals surface area contributed by atoms with Gasteiger partial charge in [-0.1, -0.05) is 170 Å². The Morgan fingerprint density at radius 3 is 1.21 bits per heavy atom. The second kappa shape index (κ2) is 14.7. The second-order valence-corrected chi connectivity index (χ2v) is 15.7. The van der Waals surface area contributed by atoms with Crippen LogP contribution < -0.4 is 0 Å². The molecule has 0 aliphatic rings. The van der Waals surface area contributed by atoms with Crippen molar-refractivity contribution in [2.45, 2.75) is 0 Å². The zero-order chi connectivity index (χ0) is 41.0. The molecule has 290 valence electrons. The predicted octanol–water partition coefficient (Wildman–Crippen LogP) is 14.4. The summed E-state index contributed by atoms with van der Waals surface area (Å²) in [5.41, 5.74) is 14.4. The summed E-state index contributed by atoms with van der Waals surface area (Å²) in [7, 11) is 0. The van der Waals surface area contributed by atoms with Crippen LogP contribution in [0.1, 0.15) is 0 Å². The molecular formula is C57H37N5. The van der Waals surface area contributed by atoms with Crippen molar-refractivity contribution in [2.24, 2.45) is 0 Å². The van der Waals surface area contributed by atoms with Gasteiger partial charge in [-0.25, -0.2) is 15.0 Å². The summed E-state index contributed by atoms with van der Waals surface area (Å²) in [6.07, 6.45) is 0. The normalized spacial score (nSPS) is 11.5. The molecule has 0 aliphatic carbocycles. The first-order valence-electron chi connectivity index (χ1n) is 20.9. The molecule has 0 saturated carbocycles. The zero-order valence-electron chi connectivity index (χ0n) is 33.6. The number of para-hydroxylation sites is 3. The van der Waals surface area contributed by atoms with Crippen molar-refractivity contribution in [1.82, 2.24) is 24.1 Å². The van der Waals surface area contributed by atoms with E-state index >= 15 is 0 Å². The summed E-state index contributed by atoms with van der Waals surface area (Å²) in [6, 6.07) is 79.4. The molecule has 0 unspecified atom stereocenters. The van der Waals surface area contributed by atoms with Gasteiger partial charge < -0.3 is 9.13 Å². The molecule has 3 heterocycles. The Labute approximate surface area is 358 Å². The highest BCUT2D eigenvalue weighted by Gasteiger charge is 2.17. The lowest BCUT2D eigenvalue weighted by atomic mass is 10.0. The number of fused-ring (bicyclic) bond motifs is 6. The molecule has 0 N–H and O–H groups in total. The van der Waals surface area contributed by atoms with Crippen LogP contribution in [0.3, 0.4) is 0 Å². The topological polar surface area (TPSA) is 48.5 Å². The minimum atomic E-state index is 0.637. The molecule has 0 amide bonds. The van der Waals surface area contributed by atoms with Gasteiger partial charge in [-0.2, -0.15) is 0 Å². The van der Waals surface area contributed by atoms with E-state index in [1.165, 1.54) is 54.7 Å². The maximum atomic E-state index is 4.98. The van der Waals surface area contributed by atoms with Gasteiger partial charge in [-0.3, -0.25) is 0 Å². The van der Waals surface area contributed by atoms with Crippen LogP contribution in [0.4, 0.5) is 0 Å². The average Bonchev–Trinajstić information content (AvgIpc) is 3.87. The maximum Gasteiger partial charge on any atom is 0.164 e. The van der Waals surface area contributed by atoms with Gasteiger partial charge in [0.25, 0.3) is 0 Å². The fourth-order valence-electron chi connectivity index (χ4n) is 9.03. The molecular weight excluding hydrogens is 755 g/mol. The Hall–Kier alpha value is -8.41. The van der Waals surface area contributed by atoms with Gasteiger partial charge in [-0.15, -0.1) is 0 Å². The predicted molar refractivity (Wildman–Crippen MR) is 256 cm³/mol. The molecule has 0 radical (unpaired) electrons. The fraction of sp³-hybridized carbons (Fsp3) is 0. The average molecular weight is 792 g/mol. The number of benzene rings is 9. The van der Waals surface area contributed by atoms with Crippen molar-refractivity contribution in [3.8, 4) is 67.8 Å². The first kappa shape index (κ1) is 35.5. The first-order chi connectivity index (χ1) is 30.7. The third-order valence-electron chi connectivity index (χ3n) is 12.0. The molecule has 62 heavy (non-hydrogen) atoms. The van der Waals surface area contributed by atoms with Crippen LogP contribution in [0.15, 0.2) is 224 Å². The summed E-state index contributed by atoms with van der Waals surface area (Å²) in [4.78, 5) is 14.9. The Morgan fingerprint density at radius 2 is 0.629 bits per heavy atom. The quantitative estimate of drug-likeness (QED) is 0.162. The summed E-state index contributed by atoms with van der Waals surface area (Å²) < 4.78 is 4.78. The van der Waals surface area contributed by atoms with Gasteiger partial charge in [0.1, 0.15) is 0 Å². The van der Waals surface area contributed by atoms with E-state index in [2.05, 4.69) is 173 Å². The van der Waals surface area contributed by atoms with Gasteiger partial charge in [0.2, 0.25) is 0 Å². The highest BCUT2D eigenvalue weighted by Crippen LogP contribution is 2.38. The largest absolute Gasteiger partial charge is 0.309 e. The van der Waals surface area contributed by atoms with E-state index in [1.807, 2.05) is 60.7 Å². The Bertz CT molecular complexity index is 3510. The highest BCUT2D eigenvalue weighted by molar-refractivity contribution is 6.11. The molecule has 9 aromatic carbocycles. The summed E-state index contributed by atoms with van der Waals surface area (Å²) in [6.45, 7) is 0. The van der Waals surface area contributed by atoms with Crippen LogP contribution in [-0.2, 0) is 0 Å². The van der Waals surface area contributed by atoms with Gasteiger partial charge in [0.15, 0.2) is 17.5 Å². The third kappa shape index (κ3) is 6.06. The minimum absolute atomic E-state index is 0.637. The van der Waals surface area contributed by atoms with E-state index in [0.29, 0.717) is 17.5 Å². The van der Waals surface area contributed by atoms with Gasteiger partial charge in [0, 0.05) is 49.6 Å². The van der Waals surface area contributed by atoms with E-state index in [0.717, 1.165) is 39.2 Å². The molecule has 0 atom stereocenters. The molecule has 0 fully saturated rings. The summed E-state index contributed by atoms with van der Waals surface area (Å²) >= 11 is 0. The molecule has 0 bridgehead atoms. The number of rotatable bonds is 7. The molecule has 5 heteroatoms. The third-order valence-corrected chi connectivity index (χ3v) is 12.0. The van der Waals surface area contributed by atoms with Crippen molar-refractivity contribution in [3.63, 3.8) is 0 Å². The van der Waals surface area contributed by atoms with E-state index in [9.17, 15) is 0 Å². The SMILES string of the molecule is c1ccc(-c2nc(-c3ccccc3)nc(-c3cccc(-c4ccc(-n5c6ccccc6c6ccc(-c7cccc(-n8c9ccccc9c9ccccc98)c7)cc65)cc4)c3)n2)cc1. The molecule has 0 aliphatic heterocycles. The maximum absolute atomic E-state index is 4.98. The zero-order valence-corrected chi connectivity index (χ0v) is 33.6. The molecule has 0 saturated heterocycles. The van der Waals surface area contributed by atoms with Gasteiger partial charge >= 0.3 is 0 Å². The van der Waals surface area contributed by atoms with Crippen LogP contribution in [0.5, 0.6) is 0 Å². The van der Waals surface area contributed by atoms with E-state index < -0.39 is 0 Å². The van der Waals surface area contributed by atoms with Crippen molar-refractivity contribution < 1.29 is 0 Å². The lowest BCUT2D eigenvalue weighted by Gasteiger charge is -2.12. The fourth-order valence-corrected chi connectivity index (χ4v) is 9.03. The molecule has 12 rings (SSSR count). The van der Waals surface area contributed by atoms with Crippen LogP contribution >= 0.6 is 0 Å². The number of aromatic nitrogens is 5. The van der Waals surface area contributed by atoms with E-state index in [-0.39, 0.29) is 0 Å². The molecule has 0 spiro atoms. The standard InChI is InChI=1S/C57H37N5/c1-3-15-39(16-4-1)55-58-56(40-17-5-2-6-18-40)60-57(59-55)44-21-13-19-41(35-44)38-29-32-45(33-30-38)61-51-26-10-9-25-49(51)50-34-31-43(37-54(50)61)42-20-14-22-46(36-42)62-52-27-11-7-23-47(52)48-24-8-12-28-53(48)62/h1-37H. The minimum Gasteiger partial charge on any atom is -0.309 e. The van der Waals surface area contributed by atoms with Crippen molar-refractivity contribution in [1.29, 1.82) is 0 Å². The van der Waals surface area contributed by atoms with Crippen LogP contribution in [0.25, 0.3) is 111 Å². The van der Waals surface area contributed by atoms with Crippen LogP contribution in [0, 0.1) is 0 Å². The van der Waals surface area contributed by atoms with Crippen molar-refractivity contribution >= 4 is 43.6 Å². The first-order valence-corrected chi connectivity index (χ1v) is 20.9. The molecule has 5 nitrogen and oxygen atoms in total. The van der Waals surface area contributed by atoms with Crippen molar-refractivity contribution in [2.75, 3.05) is 0 Å². The van der Waals surface area contributed by atoms with Crippen LogP contribution in [-0.4, -0.2) is 24.1 Å². The summed E-state index contributed by atoms with van der Waals surface area (Å²) in [5, 5.41) is 4.97. The lowest BCUT2D eigenvalue weighted by Crippen LogP contribution is -2.00. The number of hydrogen-bond acceptors (Lipinski definition) is 3. The molecule has 12 aromatic rings. The van der Waals surface area contributed by atoms with E-state index in [4.69, 9.17) is 15.0 Å². The van der Waals surface area contributed by atoms with Gasteiger partial charge in [0.05, 0.1) is 22.1 Å².